The van der Waals surface area contributed by atoms with Crippen molar-refractivity contribution in [2.24, 2.45) is 0 Å². The number of aromatic nitrogens is 4. The molecule has 1 aliphatic heterocycles. The molecule has 3 aromatic heterocycles. The molecule has 1 aliphatic rings. The summed E-state index contributed by atoms with van der Waals surface area (Å²) in [4.78, 5) is 19.3. The highest BCUT2D eigenvalue weighted by Crippen LogP contribution is 2.29. The first kappa shape index (κ1) is 19.3. The third-order valence-electron chi connectivity index (χ3n) is 5.81. The van der Waals surface area contributed by atoms with Crippen LogP contribution in [0.15, 0.2) is 51.4 Å². The van der Waals surface area contributed by atoms with Gasteiger partial charge in [0.25, 0.3) is 11.8 Å². The molecule has 1 fully saturated rings. The van der Waals surface area contributed by atoms with Crippen LogP contribution in [0.5, 0.6) is 0 Å². The molecule has 1 saturated heterocycles. The lowest BCUT2D eigenvalue weighted by Crippen LogP contribution is -2.28. The van der Waals surface area contributed by atoms with Crippen LogP contribution in [0, 0.1) is 13.8 Å². The Labute approximate surface area is 179 Å². The van der Waals surface area contributed by atoms with Crippen LogP contribution < -0.4 is 0 Å². The number of hydrogen-bond acceptors (Lipinski definition) is 6. The number of nitrogens with one attached hydrogen (secondary N) is 1. The maximum Gasteiger partial charge on any atom is 0.289 e. The molecule has 158 valence electrons. The Morgan fingerprint density at radius 1 is 1.19 bits per heavy atom. The number of hydrogen-bond donors (Lipinski definition) is 1. The van der Waals surface area contributed by atoms with Gasteiger partial charge in [0.15, 0.2) is 11.6 Å². The zero-order valence-electron chi connectivity index (χ0n) is 17.5. The molecule has 0 bridgehead atoms. The molecule has 1 aromatic carbocycles. The summed E-state index contributed by atoms with van der Waals surface area (Å²) < 4.78 is 11.3. The smallest absolute Gasteiger partial charge is 0.289 e. The standard InChI is InChI=1S/C23H23N5O3/c1-14-19(15(2)26-25-14)12-18-8-9-20(30-18)23(29)28-11-10-17(13-28)21-24-22(31-27-21)16-6-4-3-5-7-16/h3-9,17H,10-13H2,1-2H3,(H,25,26). The van der Waals surface area contributed by atoms with E-state index in [1.165, 1.54) is 0 Å². The second-order valence-electron chi connectivity index (χ2n) is 7.92. The van der Waals surface area contributed by atoms with Gasteiger partial charge in [0, 0.05) is 42.2 Å². The van der Waals surface area contributed by atoms with Gasteiger partial charge in [-0.15, -0.1) is 0 Å². The lowest BCUT2D eigenvalue weighted by molar-refractivity contribution is 0.0757. The Morgan fingerprint density at radius 2 is 2.03 bits per heavy atom. The van der Waals surface area contributed by atoms with Crippen molar-refractivity contribution in [1.82, 2.24) is 25.2 Å². The first-order chi connectivity index (χ1) is 15.1. The zero-order valence-corrected chi connectivity index (χ0v) is 17.5. The van der Waals surface area contributed by atoms with E-state index >= 15 is 0 Å². The van der Waals surface area contributed by atoms with Crippen LogP contribution in [0.25, 0.3) is 11.5 Å². The molecule has 1 N–H and O–H groups in total. The molecule has 1 atom stereocenters. The first-order valence-electron chi connectivity index (χ1n) is 10.4. The van der Waals surface area contributed by atoms with E-state index in [0.29, 0.717) is 37.0 Å². The summed E-state index contributed by atoms with van der Waals surface area (Å²) in [6.45, 7) is 5.12. The van der Waals surface area contributed by atoms with Gasteiger partial charge in [0.05, 0.1) is 5.69 Å². The van der Waals surface area contributed by atoms with Crippen molar-refractivity contribution in [3.05, 3.63) is 76.8 Å². The van der Waals surface area contributed by atoms with E-state index in [0.717, 1.165) is 34.7 Å². The van der Waals surface area contributed by atoms with Crippen molar-refractivity contribution in [3.8, 4) is 11.5 Å². The molecule has 1 unspecified atom stereocenters. The molecular formula is C23H23N5O3. The highest BCUT2D eigenvalue weighted by Gasteiger charge is 2.32. The molecular weight excluding hydrogens is 394 g/mol. The van der Waals surface area contributed by atoms with Crippen molar-refractivity contribution < 1.29 is 13.7 Å². The topological polar surface area (TPSA) is 101 Å². The number of amides is 1. The summed E-state index contributed by atoms with van der Waals surface area (Å²) in [6.07, 6.45) is 1.40. The highest BCUT2D eigenvalue weighted by molar-refractivity contribution is 5.91. The van der Waals surface area contributed by atoms with Gasteiger partial charge < -0.3 is 13.8 Å². The number of likely N-dealkylation sites (tertiary alicyclic amines) is 1. The monoisotopic (exact) mass is 417 g/mol. The number of nitrogens with zero attached hydrogens (tertiary/aromatic N) is 4. The van der Waals surface area contributed by atoms with Gasteiger partial charge >= 0.3 is 0 Å². The number of carbonyl (C=O) groups is 1. The zero-order chi connectivity index (χ0) is 21.4. The first-order valence-corrected chi connectivity index (χ1v) is 10.4. The molecule has 5 rings (SSSR count). The van der Waals surface area contributed by atoms with Crippen molar-refractivity contribution >= 4 is 5.91 Å². The average molecular weight is 417 g/mol. The van der Waals surface area contributed by atoms with Crippen LogP contribution in [0.2, 0.25) is 0 Å². The minimum atomic E-state index is -0.110. The van der Waals surface area contributed by atoms with Crippen LogP contribution in [0.1, 0.15) is 51.4 Å². The Bertz CT molecular complexity index is 1190. The predicted molar refractivity (Wildman–Crippen MR) is 113 cm³/mol. The van der Waals surface area contributed by atoms with Gasteiger partial charge in [-0.1, -0.05) is 23.4 Å². The largest absolute Gasteiger partial charge is 0.456 e. The number of carbonyl (C=O) groups excluding carboxylic acids is 1. The second-order valence-corrected chi connectivity index (χ2v) is 7.92. The van der Waals surface area contributed by atoms with E-state index in [2.05, 4.69) is 20.3 Å². The number of furan rings is 1. The lowest BCUT2D eigenvalue weighted by Gasteiger charge is -2.13. The van der Waals surface area contributed by atoms with Crippen LogP contribution in [0.3, 0.4) is 0 Å². The Balaban J connectivity index is 1.25. The predicted octanol–water partition coefficient (Wildman–Crippen LogP) is 3.89. The van der Waals surface area contributed by atoms with E-state index < -0.39 is 0 Å². The minimum absolute atomic E-state index is 0.0517. The molecule has 0 spiro atoms. The third-order valence-corrected chi connectivity index (χ3v) is 5.81. The summed E-state index contributed by atoms with van der Waals surface area (Å²) in [5.41, 5.74) is 3.94. The van der Waals surface area contributed by atoms with E-state index in [4.69, 9.17) is 8.94 Å². The Hall–Kier alpha value is -3.68. The van der Waals surface area contributed by atoms with Gasteiger partial charge in [-0.05, 0) is 44.5 Å². The molecule has 4 heterocycles. The normalized spacial score (nSPS) is 16.2. The molecule has 0 radical (unpaired) electrons. The van der Waals surface area contributed by atoms with Gasteiger partial charge in [-0.2, -0.15) is 10.1 Å². The Morgan fingerprint density at radius 3 is 2.81 bits per heavy atom. The summed E-state index contributed by atoms with van der Waals surface area (Å²) in [5.74, 6) is 2.18. The maximum atomic E-state index is 12.9. The second kappa shape index (κ2) is 7.86. The average Bonchev–Trinajstić information content (AvgIpc) is 3.58. The molecule has 8 nitrogen and oxygen atoms in total. The molecule has 0 saturated carbocycles. The summed E-state index contributed by atoms with van der Waals surface area (Å²) in [7, 11) is 0. The maximum absolute atomic E-state index is 12.9. The SMILES string of the molecule is Cc1n[nH]c(C)c1Cc1ccc(C(=O)N2CCC(c3noc(-c4ccccc4)n3)C2)o1. The third kappa shape index (κ3) is 3.76. The number of benzene rings is 1. The highest BCUT2D eigenvalue weighted by atomic mass is 16.5. The van der Waals surface area contributed by atoms with E-state index in [9.17, 15) is 4.79 Å². The fraction of sp³-hybridized carbons (Fsp3) is 0.304. The van der Waals surface area contributed by atoms with Gasteiger partial charge in [-0.25, -0.2) is 0 Å². The van der Waals surface area contributed by atoms with Crippen LogP contribution in [-0.2, 0) is 6.42 Å². The quantitative estimate of drug-likeness (QED) is 0.529. The van der Waals surface area contributed by atoms with Gasteiger partial charge in [0.2, 0.25) is 0 Å². The van der Waals surface area contributed by atoms with E-state index in [-0.39, 0.29) is 11.8 Å². The van der Waals surface area contributed by atoms with Crippen molar-refractivity contribution in [1.29, 1.82) is 0 Å². The molecule has 8 heteroatoms. The fourth-order valence-electron chi connectivity index (χ4n) is 4.01. The van der Waals surface area contributed by atoms with Crippen LogP contribution >= 0.6 is 0 Å². The number of aromatic amines is 1. The molecule has 0 aliphatic carbocycles. The van der Waals surface area contributed by atoms with Crippen LogP contribution in [0.4, 0.5) is 0 Å². The van der Waals surface area contributed by atoms with Crippen LogP contribution in [-0.4, -0.2) is 44.2 Å². The van der Waals surface area contributed by atoms with Gasteiger partial charge in [0.1, 0.15) is 5.76 Å². The minimum Gasteiger partial charge on any atom is -0.456 e. The summed E-state index contributed by atoms with van der Waals surface area (Å²) in [5, 5.41) is 11.3. The molecule has 4 aromatic rings. The van der Waals surface area contributed by atoms with Crippen molar-refractivity contribution in [2.75, 3.05) is 13.1 Å². The van der Waals surface area contributed by atoms with E-state index in [1.54, 1.807) is 11.0 Å². The van der Waals surface area contributed by atoms with E-state index in [1.807, 2.05) is 50.2 Å². The molecule has 1 amide bonds. The van der Waals surface area contributed by atoms with Crippen molar-refractivity contribution in [2.45, 2.75) is 32.6 Å². The number of rotatable bonds is 5. The molecule has 31 heavy (non-hydrogen) atoms. The lowest BCUT2D eigenvalue weighted by atomic mass is 10.1. The van der Waals surface area contributed by atoms with Gasteiger partial charge in [-0.3, -0.25) is 9.89 Å². The van der Waals surface area contributed by atoms with Crippen molar-refractivity contribution in [3.63, 3.8) is 0 Å². The summed E-state index contributed by atoms with van der Waals surface area (Å²) in [6, 6.07) is 13.3. The number of H-pyrrole nitrogens is 1. The fourth-order valence-corrected chi connectivity index (χ4v) is 4.01. The Kier molecular flexibility index (Phi) is 4.89. The number of aryl methyl sites for hydroxylation is 2. The summed E-state index contributed by atoms with van der Waals surface area (Å²) >= 11 is 0.